The van der Waals surface area contributed by atoms with Crippen LogP contribution >= 0.6 is 0 Å². The number of carbonyl (C=O) groups excluding carboxylic acids is 1. The molecule has 0 radical (unpaired) electrons. The largest absolute Gasteiger partial charge is 0.366 e. The normalized spacial score (nSPS) is 12.9. The number of aryl methyl sites for hydroxylation is 1. The van der Waals surface area contributed by atoms with Crippen LogP contribution in [0.2, 0.25) is 0 Å². The third-order valence-electron chi connectivity index (χ3n) is 4.00. The van der Waals surface area contributed by atoms with Crippen LogP contribution in [0.5, 0.6) is 0 Å². The van der Waals surface area contributed by atoms with Crippen molar-refractivity contribution in [3.8, 4) is 0 Å². The summed E-state index contributed by atoms with van der Waals surface area (Å²) < 4.78 is 1.48. The van der Waals surface area contributed by atoms with Crippen LogP contribution < -0.4 is 16.2 Å². The molecule has 2 N–H and O–H groups in total. The van der Waals surface area contributed by atoms with E-state index in [2.05, 4.69) is 22.5 Å². The number of rotatable bonds is 5. The number of pyridine rings is 1. The topological polar surface area (TPSA) is 75.5 Å². The summed E-state index contributed by atoms with van der Waals surface area (Å²) in [5, 5.41) is 6.03. The minimum absolute atomic E-state index is 0.136. The van der Waals surface area contributed by atoms with E-state index in [-0.39, 0.29) is 28.6 Å². The van der Waals surface area contributed by atoms with Gasteiger partial charge in [0.15, 0.2) is 11.5 Å². The number of carbonyl (C=O) groups is 1. The maximum absolute atomic E-state index is 12.9. The predicted octanol–water partition coefficient (Wildman–Crippen LogP) is 3.59. The maximum Gasteiger partial charge on any atom is 0.283 e. The van der Waals surface area contributed by atoms with Crippen molar-refractivity contribution in [3.63, 3.8) is 0 Å². The molecule has 2 rings (SSSR count). The van der Waals surface area contributed by atoms with Gasteiger partial charge in [-0.25, -0.2) is 4.98 Å². The molecule has 0 spiro atoms. The fourth-order valence-electron chi connectivity index (χ4n) is 2.52. The molecule has 136 valence electrons. The number of anilines is 2. The van der Waals surface area contributed by atoms with Crippen molar-refractivity contribution >= 4 is 23.1 Å². The Hall–Kier alpha value is -2.37. The predicted molar refractivity (Wildman–Crippen MR) is 102 cm³/mol. The van der Waals surface area contributed by atoms with E-state index >= 15 is 0 Å². The van der Waals surface area contributed by atoms with Gasteiger partial charge in [-0.15, -0.1) is 0 Å². The fraction of sp³-hybridized carbons (Fsp3) is 0.526. The summed E-state index contributed by atoms with van der Waals surface area (Å²) >= 11 is 0. The van der Waals surface area contributed by atoms with Crippen molar-refractivity contribution in [2.24, 2.45) is 5.41 Å². The van der Waals surface area contributed by atoms with E-state index in [1.54, 1.807) is 12.3 Å². The van der Waals surface area contributed by atoms with Crippen molar-refractivity contribution < 1.29 is 4.79 Å². The lowest BCUT2D eigenvalue weighted by atomic mass is 9.92. The van der Waals surface area contributed by atoms with E-state index in [1.807, 2.05) is 40.7 Å². The molecule has 0 saturated heterocycles. The van der Waals surface area contributed by atoms with E-state index < -0.39 is 0 Å². The molecule has 0 saturated carbocycles. The second-order valence-corrected chi connectivity index (χ2v) is 7.76. The minimum Gasteiger partial charge on any atom is -0.366 e. The molecule has 1 atom stereocenters. The molecule has 2 aromatic heterocycles. The van der Waals surface area contributed by atoms with E-state index in [0.29, 0.717) is 17.9 Å². The molecular formula is C19H28N4O2. The number of amides is 1. The molecule has 0 unspecified atom stereocenters. The van der Waals surface area contributed by atoms with Gasteiger partial charge in [0.05, 0.1) is 0 Å². The fourth-order valence-corrected chi connectivity index (χ4v) is 2.52. The summed E-state index contributed by atoms with van der Waals surface area (Å²) in [6, 6.07) is 3.84. The van der Waals surface area contributed by atoms with Gasteiger partial charge in [-0.2, -0.15) is 0 Å². The summed E-state index contributed by atoms with van der Waals surface area (Å²) in [4.78, 5) is 29.9. The second-order valence-electron chi connectivity index (χ2n) is 7.76. The Balaban J connectivity index is 2.55. The molecule has 2 heterocycles. The van der Waals surface area contributed by atoms with Gasteiger partial charge in [0.1, 0.15) is 5.65 Å². The van der Waals surface area contributed by atoms with E-state index in [0.717, 1.165) is 12.0 Å². The van der Waals surface area contributed by atoms with Gasteiger partial charge >= 0.3 is 0 Å². The number of fused-ring (bicyclic) bond motifs is 1. The number of hydrogen-bond donors (Lipinski definition) is 2. The Kier molecular flexibility index (Phi) is 5.50. The lowest BCUT2D eigenvalue weighted by molar-refractivity contribution is -0.117. The Morgan fingerprint density at radius 1 is 1.36 bits per heavy atom. The smallest absolute Gasteiger partial charge is 0.283 e. The highest BCUT2D eigenvalue weighted by molar-refractivity contribution is 5.94. The summed E-state index contributed by atoms with van der Waals surface area (Å²) in [5.74, 6) is 0.238. The summed E-state index contributed by atoms with van der Waals surface area (Å²) in [5.41, 5.74) is 1.26. The summed E-state index contributed by atoms with van der Waals surface area (Å²) in [7, 11) is 0. The molecule has 1 amide bonds. The Labute approximate surface area is 148 Å². The zero-order chi connectivity index (χ0) is 18.8. The van der Waals surface area contributed by atoms with Crippen LogP contribution in [-0.2, 0) is 4.79 Å². The molecular weight excluding hydrogens is 316 g/mol. The highest BCUT2D eigenvalue weighted by atomic mass is 16.2. The zero-order valence-corrected chi connectivity index (χ0v) is 15.9. The van der Waals surface area contributed by atoms with Crippen LogP contribution in [0.3, 0.4) is 0 Å². The average molecular weight is 344 g/mol. The molecule has 2 aromatic rings. The highest BCUT2D eigenvalue weighted by Crippen LogP contribution is 2.22. The molecule has 0 aliphatic heterocycles. The Morgan fingerprint density at radius 3 is 2.64 bits per heavy atom. The van der Waals surface area contributed by atoms with Gasteiger partial charge in [-0.05, 0) is 37.3 Å². The van der Waals surface area contributed by atoms with Crippen molar-refractivity contribution in [2.75, 3.05) is 10.6 Å². The molecule has 0 aliphatic rings. The monoisotopic (exact) mass is 344 g/mol. The second kappa shape index (κ2) is 7.25. The number of hydrogen-bond acceptors (Lipinski definition) is 4. The molecule has 0 aromatic carbocycles. The van der Waals surface area contributed by atoms with E-state index in [1.165, 1.54) is 4.40 Å². The van der Waals surface area contributed by atoms with Gasteiger partial charge in [-0.3, -0.25) is 14.0 Å². The number of nitrogens with zero attached hydrogens (tertiary/aromatic N) is 2. The first-order valence-electron chi connectivity index (χ1n) is 8.70. The van der Waals surface area contributed by atoms with Gasteiger partial charge < -0.3 is 10.6 Å². The first kappa shape index (κ1) is 19.0. The van der Waals surface area contributed by atoms with Gasteiger partial charge in [0.25, 0.3) is 5.56 Å². The van der Waals surface area contributed by atoms with E-state index in [9.17, 15) is 9.59 Å². The summed E-state index contributed by atoms with van der Waals surface area (Å²) in [6.45, 7) is 11.9. The van der Waals surface area contributed by atoms with Crippen LogP contribution in [0.15, 0.2) is 23.1 Å². The van der Waals surface area contributed by atoms with Gasteiger partial charge in [-0.1, -0.05) is 33.8 Å². The molecule has 0 bridgehead atoms. The first-order chi connectivity index (χ1) is 11.6. The molecule has 25 heavy (non-hydrogen) atoms. The Bertz CT molecular complexity index is 834. The van der Waals surface area contributed by atoms with Crippen LogP contribution in [0.25, 0.3) is 5.65 Å². The first-order valence-corrected chi connectivity index (χ1v) is 8.70. The molecule has 0 aliphatic carbocycles. The van der Waals surface area contributed by atoms with Crippen molar-refractivity contribution in [1.82, 2.24) is 9.38 Å². The van der Waals surface area contributed by atoms with E-state index in [4.69, 9.17) is 0 Å². The van der Waals surface area contributed by atoms with Crippen molar-refractivity contribution in [3.05, 3.63) is 34.2 Å². The maximum atomic E-state index is 12.9. The van der Waals surface area contributed by atoms with Crippen molar-refractivity contribution in [2.45, 2.75) is 60.4 Å². The van der Waals surface area contributed by atoms with Crippen molar-refractivity contribution in [1.29, 1.82) is 0 Å². The van der Waals surface area contributed by atoms with Crippen LogP contribution in [0.1, 0.15) is 53.0 Å². The number of aromatic nitrogens is 2. The van der Waals surface area contributed by atoms with Crippen LogP contribution in [0, 0.1) is 12.3 Å². The molecule has 6 heteroatoms. The highest BCUT2D eigenvalue weighted by Gasteiger charge is 2.21. The Morgan fingerprint density at radius 2 is 2.04 bits per heavy atom. The van der Waals surface area contributed by atoms with Crippen LogP contribution in [0.4, 0.5) is 11.5 Å². The average Bonchev–Trinajstić information content (AvgIpc) is 2.50. The lowest BCUT2D eigenvalue weighted by Crippen LogP contribution is -2.29. The minimum atomic E-state index is -0.276. The van der Waals surface area contributed by atoms with Gasteiger partial charge in [0.2, 0.25) is 5.91 Å². The number of nitrogens with one attached hydrogen (secondary N) is 2. The van der Waals surface area contributed by atoms with Gasteiger partial charge in [0, 0.05) is 18.7 Å². The molecule has 0 fully saturated rings. The SMILES string of the molecule is CC[C@@H](C)Nc1nc2c(C)cccn2c(=O)c1NC(=O)CC(C)(C)C. The quantitative estimate of drug-likeness (QED) is 0.869. The molecule has 6 nitrogen and oxygen atoms in total. The third-order valence-corrected chi connectivity index (χ3v) is 4.00. The summed E-state index contributed by atoms with van der Waals surface area (Å²) in [6.07, 6.45) is 2.88. The standard InChI is InChI=1S/C19H28N4O2/c1-7-13(3)20-16-15(21-14(24)11-19(4,5)6)18(25)23-10-8-9-12(2)17(23)22-16/h8-10,13,20H,7,11H2,1-6H3,(H,21,24)/t13-/m1/s1. The van der Waals surface area contributed by atoms with Crippen LogP contribution in [-0.4, -0.2) is 21.3 Å². The zero-order valence-electron chi connectivity index (χ0n) is 15.9. The third kappa shape index (κ3) is 4.59. The lowest BCUT2D eigenvalue weighted by Gasteiger charge is -2.20.